The minimum atomic E-state index is -2.33. The molecule has 160 valence electrons. The number of carbonyl (C=O) groups excluding carboxylic acids is 3. The van der Waals surface area contributed by atoms with E-state index in [0.717, 1.165) is 0 Å². The van der Waals surface area contributed by atoms with Crippen LogP contribution in [-0.4, -0.2) is 18.5 Å². The SMILES string of the molecule is O=C([O-])[O-].O=C([O-])[O-].O=C([O-])[O-].[Zr+4].[Zr+4].c1ccc2[cH-]ccc2c1.c1ccc2[cH-]ccc2c1. The molecule has 11 heteroatoms. The van der Waals surface area contributed by atoms with Gasteiger partial charge in [-0.05, 0) is 18.5 Å². The normalized spacial score (nSPS) is 8.00. The largest absolute Gasteiger partial charge is 4.00 e. The summed E-state index contributed by atoms with van der Waals surface area (Å²) in [7, 11) is 0. The van der Waals surface area contributed by atoms with Gasteiger partial charge in [0.25, 0.3) is 0 Å². The number of carboxylic acid groups (broad SMARTS) is 6. The minimum absolute atomic E-state index is 0. The molecule has 0 aliphatic carbocycles. The van der Waals surface area contributed by atoms with Crippen LogP contribution in [0.5, 0.6) is 0 Å². The molecule has 0 aliphatic rings. The quantitative estimate of drug-likeness (QED) is 0.203. The van der Waals surface area contributed by atoms with Crippen molar-refractivity contribution in [2.24, 2.45) is 0 Å². The fourth-order valence-electron chi connectivity index (χ4n) is 2.14. The minimum Gasteiger partial charge on any atom is -0.652 e. The standard InChI is InChI=1S/2C9H7.3CH2O3.2Zr/c2*1-2-5-9-7-3-6-8(9)4-1;3*2-1(3)4;;/h2*1-7H;3*(H2,2,3,4);;/q2*-1;;;;2*+4/p-6. The summed E-state index contributed by atoms with van der Waals surface area (Å²) in [6, 6.07) is 29.3. The van der Waals surface area contributed by atoms with Crippen molar-refractivity contribution < 1.29 is 97.4 Å². The Kier molecular flexibility index (Phi) is 21.3. The Morgan fingerprint density at radius 3 is 1.00 bits per heavy atom. The maximum atomic E-state index is 8.33. The predicted octanol–water partition coefficient (Wildman–Crippen LogP) is -2.23. The van der Waals surface area contributed by atoms with Crippen LogP contribution >= 0.6 is 0 Å². The van der Waals surface area contributed by atoms with Crippen LogP contribution < -0.4 is 30.6 Å². The van der Waals surface area contributed by atoms with Gasteiger partial charge in [-0.2, -0.15) is 35.0 Å². The van der Waals surface area contributed by atoms with Crippen molar-refractivity contribution in [1.29, 1.82) is 0 Å². The van der Waals surface area contributed by atoms with Crippen LogP contribution in [0.1, 0.15) is 0 Å². The summed E-state index contributed by atoms with van der Waals surface area (Å²) in [4.78, 5) is 25.0. The van der Waals surface area contributed by atoms with Crippen LogP contribution in [0, 0.1) is 0 Å². The second-order valence-corrected chi connectivity index (χ2v) is 5.06. The van der Waals surface area contributed by atoms with Gasteiger partial charge in [-0.15, -0.1) is 59.3 Å². The molecule has 9 nitrogen and oxygen atoms in total. The first kappa shape index (κ1) is 33.9. The van der Waals surface area contributed by atoms with Crippen molar-refractivity contribution in [3.8, 4) is 0 Å². The second-order valence-electron chi connectivity index (χ2n) is 5.06. The number of rotatable bonds is 0. The van der Waals surface area contributed by atoms with E-state index in [1.54, 1.807) is 0 Å². The second kappa shape index (κ2) is 20.2. The Bertz CT molecular complexity index is 875. The smallest absolute Gasteiger partial charge is 0.652 e. The van der Waals surface area contributed by atoms with Crippen LogP contribution in [-0.2, 0) is 52.4 Å². The Hall–Kier alpha value is -2.76. The molecule has 0 bridgehead atoms. The van der Waals surface area contributed by atoms with Gasteiger partial charge >= 0.3 is 52.4 Å². The van der Waals surface area contributed by atoms with E-state index in [2.05, 4.69) is 84.9 Å². The van der Waals surface area contributed by atoms with Crippen molar-refractivity contribution in [3.05, 3.63) is 84.9 Å². The van der Waals surface area contributed by atoms with Crippen molar-refractivity contribution >= 4 is 40.0 Å². The molecule has 0 unspecified atom stereocenters. The zero-order chi connectivity index (χ0) is 22.9. The van der Waals surface area contributed by atoms with Crippen molar-refractivity contribution in [2.45, 2.75) is 0 Å². The van der Waals surface area contributed by atoms with E-state index >= 15 is 0 Å². The van der Waals surface area contributed by atoms with E-state index in [-0.39, 0.29) is 52.4 Å². The first-order chi connectivity index (χ1) is 14.1. The van der Waals surface area contributed by atoms with Crippen LogP contribution in [0.15, 0.2) is 84.9 Å². The van der Waals surface area contributed by atoms with Crippen molar-refractivity contribution in [1.82, 2.24) is 0 Å². The van der Waals surface area contributed by atoms with Gasteiger partial charge in [-0.25, -0.2) is 0 Å². The summed E-state index contributed by atoms with van der Waals surface area (Å²) in [6.07, 6.45) is -7.00. The van der Waals surface area contributed by atoms with E-state index in [4.69, 9.17) is 45.0 Å². The van der Waals surface area contributed by atoms with Gasteiger partial charge in [-0.1, -0.05) is 12.1 Å². The molecule has 4 aromatic carbocycles. The van der Waals surface area contributed by atoms with Gasteiger partial charge in [0.1, 0.15) is 0 Å². The third-order valence-corrected chi connectivity index (χ3v) is 3.10. The molecule has 0 amide bonds. The molecule has 0 radical (unpaired) electrons. The Morgan fingerprint density at radius 1 is 0.500 bits per heavy atom. The number of hydrogen-bond acceptors (Lipinski definition) is 9. The fourth-order valence-corrected chi connectivity index (χ4v) is 2.14. The molecule has 0 saturated carbocycles. The Morgan fingerprint density at radius 2 is 0.750 bits per heavy atom. The molecule has 0 atom stereocenters. The summed E-state index contributed by atoms with van der Waals surface area (Å²) in [5.74, 6) is 0. The van der Waals surface area contributed by atoms with Crippen LogP contribution in [0.3, 0.4) is 0 Å². The van der Waals surface area contributed by atoms with E-state index < -0.39 is 18.5 Å². The summed E-state index contributed by atoms with van der Waals surface area (Å²) in [6.45, 7) is 0. The van der Waals surface area contributed by atoms with Crippen molar-refractivity contribution in [3.63, 3.8) is 0 Å². The zero-order valence-corrected chi connectivity index (χ0v) is 21.2. The zero-order valence-electron chi connectivity index (χ0n) is 16.3. The average molecular weight is 593 g/mol. The first-order valence-corrected chi connectivity index (χ1v) is 7.98. The number of hydrogen-bond donors (Lipinski definition) is 0. The van der Waals surface area contributed by atoms with E-state index in [0.29, 0.717) is 0 Å². The van der Waals surface area contributed by atoms with E-state index in [1.165, 1.54) is 21.5 Å². The average Bonchev–Trinajstić information content (AvgIpc) is 3.30. The summed E-state index contributed by atoms with van der Waals surface area (Å²) in [5, 5.41) is 55.3. The van der Waals surface area contributed by atoms with Crippen LogP contribution in [0.25, 0.3) is 21.5 Å². The molecule has 0 N–H and O–H groups in total. The Balaban J connectivity index is -0.000000345. The molecule has 0 spiro atoms. The monoisotopic (exact) mass is 590 g/mol. The number of carbonyl (C=O) groups is 3. The molecular weight excluding hydrogens is 579 g/mol. The maximum absolute atomic E-state index is 8.33. The van der Waals surface area contributed by atoms with E-state index in [1.807, 2.05) is 0 Å². The first-order valence-electron chi connectivity index (χ1n) is 7.98. The fraction of sp³-hybridized carbons (Fsp3) is 0. The molecule has 0 aliphatic heterocycles. The van der Waals surface area contributed by atoms with Gasteiger partial charge in [0.15, 0.2) is 0 Å². The van der Waals surface area contributed by atoms with Gasteiger partial charge < -0.3 is 45.0 Å². The summed E-state index contributed by atoms with van der Waals surface area (Å²) >= 11 is 0. The van der Waals surface area contributed by atoms with Crippen molar-refractivity contribution in [2.75, 3.05) is 0 Å². The van der Waals surface area contributed by atoms with Crippen LogP contribution in [0.2, 0.25) is 0 Å². The molecule has 0 saturated heterocycles. The molecule has 4 aromatic rings. The molecule has 4 rings (SSSR count). The predicted molar refractivity (Wildman–Crippen MR) is 95.3 cm³/mol. The molecule has 0 aromatic heterocycles. The molecular formula is C21H14O9Zr2. The summed E-state index contributed by atoms with van der Waals surface area (Å²) < 4.78 is 0. The third kappa shape index (κ3) is 19.2. The number of benzene rings is 2. The van der Waals surface area contributed by atoms with Gasteiger partial charge in [-0.3, -0.25) is 0 Å². The Labute approximate surface area is 221 Å². The van der Waals surface area contributed by atoms with Crippen LogP contribution in [0.4, 0.5) is 14.4 Å². The number of fused-ring (bicyclic) bond motifs is 2. The molecule has 0 heterocycles. The van der Waals surface area contributed by atoms with Gasteiger partial charge in [0, 0.05) is 0 Å². The molecule has 32 heavy (non-hydrogen) atoms. The molecule has 0 fully saturated rings. The van der Waals surface area contributed by atoms with Gasteiger partial charge in [0.05, 0.1) is 0 Å². The van der Waals surface area contributed by atoms with E-state index in [9.17, 15) is 0 Å². The van der Waals surface area contributed by atoms with Gasteiger partial charge in [0.2, 0.25) is 0 Å². The topological polar surface area (TPSA) is 190 Å². The summed E-state index contributed by atoms with van der Waals surface area (Å²) in [5.41, 5.74) is 0. The maximum Gasteiger partial charge on any atom is 4.00 e. The third-order valence-electron chi connectivity index (χ3n) is 3.10.